The summed E-state index contributed by atoms with van der Waals surface area (Å²) in [5, 5.41) is 2.32. The van der Waals surface area contributed by atoms with Gasteiger partial charge in [-0.15, -0.1) is 0 Å². The molecule has 3 aromatic carbocycles. The van der Waals surface area contributed by atoms with Gasteiger partial charge in [0.05, 0.1) is 13.1 Å². The summed E-state index contributed by atoms with van der Waals surface area (Å²) >= 11 is 0. The van der Waals surface area contributed by atoms with Gasteiger partial charge in [0.2, 0.25) is 0 Å². The highest BCUT2D eigenvalue weighted by molar-refractivity contribution is 5.74. The first kappa shape index (κ1) is 31.3. The standard InChI is InChI=1S/C25H29F2N3.3ClH/c26-23-7-3-19(4-8-23)21-14-18(11-13-30-17-25(29)2-1-12-28)15-22(16-21)20-5-9-24(27)10-6-20;;;/h3-10,14-16,25,30H,1-2,11-13,17,28-29H2;3*1H. The first-order valence-corrected chi connectivity index (χ1v) is 10.6. The number of nitrogens with two attached hydrogens (primary N) is 1. The molecule has 3 nitrogen and oxygen atoms in total. The van der Waals surface area contributed by atoms with Crippen molar-refractivity contribution < 1.29 is 62.8 Å². The van der Waals surface area contributed by atoms with E-state index in [-0.39, 0.29) is 48.9 Å². The van der Waals surface area contributed by atoms with Crippen LogP contribution in [0.4, 0.5) is 8.78 Å². The maximum atomic E-state index is 13.4. The van der Waals surface area contributed by atoms with Crippen molar-refractivity contribution in [3.8, 4) is 22.3 Å². The van der Waals surface area contributed by atoms with Crippen LogP contribution in [-0.4, -0.2) is 25.7 Å². The van der Waals surface area contributed by atoms with Gasteiger partial charge in [-0.2, -0.15) is 0 Å². The molecule has 0 saturated carbocycles. The molecule has 0 aromatic heterocycles. The quantitative estimate of drug-likeness (QED) is 0.223. The van der Waals surface area contributed by atoms with Crippen molar-refractivity contribution in [2.75, 3.05) is 19.6 Å². The van der Waals surface area contributed by atoms with Crippen LogP contribution in [0.15, 0.2) is 66.7 Å². The monoisotopic (exact) mass is 517 g/mol. The van der Waals surface area contributed by atoms with Gasteiger partial charge in [-0.3, -0.25) is 0 Å². The third kappa shape index (κ3) is 9.97. The van der Waals surface area contributed by atoms with E-state index in [0.29, 0.717) is 6.04 Å². The van der Waals surface area contributed by atoms with Crippen LogP contribution in [0.25, 0.3) is 22.3 Å². The van der Waals surface area contributed by atoms with Crippen molar-refractivity contribution >= 4 is 0 Å². The van der Waals surface area contributed by atoms with Gasteiger partial charge in [0.1, 0.15) is 24.2 Å². The minimum atomic E-state index is -0.246. The zero-order chi connectivity index (χ0) is 21.3. The van der Waals surface area contributed by atoms with E-state index in [2.05, 4.69) is 35.0 Å². The molecule has 8 heteroatoms. The van der Waals surface area contributed by atoms with Crippen molar-refractivity contribution in [1.82, 2.24) is 0 Å². The van der Waals surface area contributed by atoms with Crippen LogP contribution in [0.1, 0.15) is 18.4 Å². The van der Waals surface area contributed by atoms with Gasteiger partial charge in [-0.05, 0) is 58.1 Å². The Balaban J connectivity index is 0.00000341. The molecule has 0 radical (unpaired) electrons. The fourth-order valence-corrected chi connectivity index (χ4v) is 3.63. The minimum absolute atomic E-state index is 0. The molecule has 0 aliphatic carbocycles. The van der Waals surface area contributed by atoms with E-state index in [4.69, 9.17) is 0 Å². The second-order valence-corrected chi connectivity index (χ2v) is 7.86. The highest BCUT2D eigenvalue weighted by Crippen LogP contribution is 2.29. The van der Waals surface area contributed by atoms with Gasteiger partial charge < -0.3 is 54.0 Å². The molecule has 182 valence electrons. The summed E-state index contributed by atoms with van der Waals surface area (Å²) < 4.78 is 26.7. The van der Waals surface area contributed by atoms with Crippen LogP contribution in [0.5, 0.6) is 0 Å². The van der Waals surface area contributed by atoms with Gasteiger partial charge in [0.25, 0.3) is 0 Å². The average Bonchev–Trinajstić information content (AvgIpc) is 2.76. The lowest BCUT2D eigenvalue weighted by Gasteiger charge is -2.11. The molecule has 8 N–H and O–H groups in total. The Morgan fingerprint density at radius 2 is 1.21 bits per heavy atom. The molecule has 0 aliphatic heterocycles. The number of hydrogen-bond acceptors (Lipinski definition) is 0. The fourth-order valence-electron chi connectivity index (χ4n) is 3.63. The molecular formula is C25H32Cl3F2N3. The van der Waals surface area contributed by atoms with E-state index in [1.807, 2.05) is 0 Å². The van der Waals surface area contributed by atoms with Crippen LogP contribution < -0.4 is 54.0 Å². The second kappa shape index (κ2) is 16.0. The van der Waals surface area contributed by atoms with Gasteiger partial charge in [0.15, 0.2) is 0 Å². The largest absolute Gasteiger partial charge is 1.00 e. The highest BCUT2D eigenvalue weighted by atomic mass is 35.5. The maximum absolute atomic E-state index is 13.4. The molecular weight excluding hydrogens is 487 g/mol. The fraction of sp³-hybridized carbons (Fsp3) is 0.280. The van der Waals surface area contributed by atoms with Crippen LogP contribution in [0, 0.1) is 11.6 Å². The molecule has 33 heavy (non-hydrogen) atoms. The first-order chi connectivity index (χ1) is 14.5. The first-order valence-electron chi connectivity index (χ1n) is 10.6. The predicted octanol–water partition coefficient (Wildman–Crippen LogP) is -6.95. The molecule has 0 heterocycles. The SMILES string of the molecule is [Cl-].[Cl-].[Cl-].[NH3+]CCCC([NH3+])C[NH2+]CCc1cc(-c2ccc(F)cc2)cc(-c2ccc(F)cc2)c1. The van der Waals surface area contributed by atoms with E-state index < -0.39 is 0 Å². The Kier molecular flexibility index (Phi) is 15.2. The summed E-state index contributed by atoms with van der Waals surface area (Å²) in [7, 11) is 0. The molecule has 0 fully saturated rings. The molecule has 1 atom stereocenters. The Labute approximate surface area is 213 Å². The van der Waals surface area contributed by atoms with E-state index >= 15 is 0 Å². The van der Waals surface area contributed by atoms with Crippen LogP contribution in [0.3, 0.4) is 0 Å². The zero-order valence-corrected chi connectivity index (χ0v) is 20.8. The molecule has 1 unspecified atom stereocenters. The Morgan fingerprint density at radius 3 is 1.67 bits per heavy atom. The van der Waals surface area contributed by atoms with Gasteiger partial charge in [-0.25, -0.2) is 8.78 Å². The average molecular weight is 519 g/mol. The molecule has 0 amide bonds. The third-order valence-electron chi connectivity index (χ3n) is 5.35. The smallest absolute Gasteiger partial charge is 0.134 e. The number of quaternary nitrogens is 3. The van der Waals surface area contributed by atoms with E-state index in [1.165, 1.54) is 29.8 Å². The minimum Gasteiger partial charge on any atom is -1.00 e. The topological polar surface area (TPSA) is 71.9 Å². The molecule has 3 rings (SSSR count). The third-order valence-corrected chi connectivity index (χ3v) is 5.35. The summed E-state index contributed by atoms with van der Waals surface area (Å²) in [6.07, 6.45) is 3.17. The Bertz CT molecular complexity index is 875. The van der Waals surface area contributed by atoms with Gasteiger partial charge in [0, 0.05) is 19.3 Å². The lowest BCUT2D eigenvalue weighted by Crippen LogP contribution is -3.00. The van der Waals surface area contributed by atoms with E-state index in [0.717, 1.165) is 61.2 Å². The normalized spacial score (nSPS) is 11.0. The number of benzene rings is 3. The Hall–Kier alpha value is -1.73. The molecule has 0 spiro atoms. The van der Waals surface area contributed by atoms with Crippen molar-refractivity contribution in [3.63, 3.8) is 0 Å². The van der Waals surface area contributed by atoms with E-state index in [1.54, 1.807) is 24.3 Å². The number of halogens is 5. The number of rotatable bonds is 10. The summed E-state index contributed by atoms with van der Waals surface area (Å²) in [5.41, 5.74) is 13.3. The van der Waals surface area contributed by atoms with Crippen LogP contribution >= 0.6 is 0 Å². The van der Waals surface area contributed by atoms with Gasteiger partial charge in [-0.1, -0.05) is 36.4 Å². The molecule has 3 aromatic rings. The Morgan fingerprint density at radius 1 is 0.727 bits per heavy atom. The van der Waals surface area contributed by atoms with E-state index in [9.17, 15) is 8.78 Å². The summed E-state index contributed by atoms with van der Waals surface area (Å²) in [6, 6.07) is 20.0. The summed E-state index contributed by atoms with van der Waals surface area (Å²) in [6.45, 7) is 2.96. The molecule has 0 bridgehead atoms. The zero-order valence-electron chi connectivity index (χ0n) is 18.6. The molecule has 0 saturated heterocycles. The van der Waals surface area contributed by atoms with Crippen molar-refractivity contribution in [2.24, 2.45) is 0 Å². The van der Waals surface area contributed by atoms with Crippen LogP contribution in [0.2, 0.25) is 0 Å². The van der Waals surface area contributed by atoms with Crippen LogP contribution in [-0.2, 0) is 6.42 Å². The number of hydrogen-bond donors (Lipinski definition) is 3. The lowest BCUT2D eigenvalue weighted by molar-refractivity contribution is -0.680. The highest BCUT2D eigenvalue weighted by Gasteiger charge is 2.10. The molecule has 0 aliphatic rings. The lowest BCUT2D eigenvalue weighted by atomic mass is 9.95. The second-order valence-electron chi connectivity index (χ2n) is 7.86. The maximum Gasteiger partial charge on any atom is 0.134 e. The van der Waals surface area contributed by atoms with Crippen molar-refractivity contribution in [2.45, 2.75) is 25.3 Å². The predicted molar refractivity (Wildman–Crippen MR) is 116 cm³/mol. The van der Waals surface area contributed by atoms with Crippen molar-refractivity contribution in [3.05, 3.63) is 83.9 Å². The van der Waals surface area contributed by atoms with Gasteiger partial charge >= 0.3 is 0 Å². The van der Waals surface area contributed by atoms with Crippen molar-refractivity contribution in [1.29, 1.82) is 0 Å². The summed E-state index contributed by atoms with van der Waals surface area (Å²) in [4.78, 5) is 0. The summed E-state index contributed by atoms with van der Waals surface area (Å²) in [5.74, 6) is -0.491.